The molecular formula is C42H43F5N4O3. The summed E-state index contributed by atoms with van der Waals surface area (Å²) < 4.78 is 69.7. The first-order chi connectivity index (χ1) is 25.6. The molecule has 0 spiro atoms. The Hall–Kier alpha value is -4.94. The van der Waals surface area contributed by atoms with Crippen LogP contribution in [0.15, 0.2) is 95.8 Å². The van der Waals surface area contributed by atoms with Gasteiger partial charge in [0.15, 0.2) is 11.6 Å². The minimum Gasteiger partial charge on any atom is -0.392 e. The van der Waals surface area contributed by atoms with Crippen LogP contribution in [0.1, 0.15) is 56.1 Å². The molecule has 5 aromatic rings. The molecule has 1 atom stereocenters. The molecule has 1 unspecified atom stereocenters. The fourth-order valence-electron chi connectivity index (χ4n) is 7.14. The van der Waals surface area contributed by atoms with E-state index < -0.39 is 40.6 Å². The van der Waals surface area contributed by atoms with Crippen LogP contribution in [0.5, 0.6) is 0 Å². The lowest BCUT2D eigenvalue weighted by Gasteiger charge is -2.46. The van der Waals surface area contributed by atoms with Crippen LogP contribution in [0.3, 0.4) is 0 Å². The topological polar surface area (TPSA) is 78.7 Å². The van der Waals surface area contributed by atoms with Gasteiger partial charge >= 0.3 is 6.18 Å². The van der Waals surface area contributed by atoms with Gasteiger partial charge in [-0.3, -0.25) is 14.5 Å². The Morgan fingerprint density at radius 1 is 0.889 bits per heavy atom. The summed E-state index contributed by atoms with van der Waals surface area (Å²) in [4.78, 5) is 36.1. The molecule has 4 aromatic carbocycles. The number of hydrogen-bond acceptors (Lipinski definition) is 5. The second-order valence-corrected chi connectivity index (χ2v) is 14.5. The Kier molecular flexibility index (Phi) is 11.3. The van der Waals surface area contributed by atoms with Gasteiger partial charge in [-0.15, -0.1) is 0 Å². The number of aliphatic hydroxyl groups is 1. The number of aryl methyl sites for hydroxylation is 2. The van der Waals surface area contributed by atoms with E-state index in [0.29, 0.717) is 42.4 Å². The molecule has 1 fully saturated rings. The number of para-hydroxylation sites is 1. The van der Waals surface area contributed by atoms with Crippen molar-refractivity contribution < 1.29 is 31.9 Å². The Morgan fingerprint density at radius 3 is 2.15 bits per heavy atom. The van der Waals surface area contributed by atoms with E-state index in [2.05, 4.69) is 9.88 Å². The Labute approximate surface area is 310 Å². The van der Waals surface area contributed by atoms with Gasteiger partial charge in [-0.2, -0.15) is 18.2 Å². The highest BCUT2D eigenvalue weighted by Gasteiger charge is 2.37. The summed E-state index contributed by atoms with van der Waals surface area (Å²) in [7, 11) is 0. The van der Waals surface area contributed by atoms with Gasteiger partial charge in [0.05, 0.1) is 22.6 Å². The van der Waals surface area contributed by atoms with Gasteiger partial charge in [0, 0.05) is 37.6 Å². The van der Waals surface area contributed by atoms with Crippen molar-refractivity contribution in [3.05, 3.63) is 135 Å². The molecule has 1 saturated heterocycles. The molecule has 284 valence electrons. The Balaban J connectivity index is 1.30. The van der Waals surface area contributed by atoms with Gasteiger partial charge in [-0.25, -0.2) is 8.78 Å². The number of hydrogen-bond donors (Lipinski definition) is 1. The van der Waals surface area contributed by atoms with Gasteiger partial charge in [0.1, 0.15) is 12.4 Å². The second-order valence-electron chi connectivity index (χ2n) is 14.5. The number of likely N-dealkylation sites (tertiary alicyclic amines) is 1. The van der Waals surface area contributed by atoms with Crippen LogP contribution in [0, 0.1) is 11.6 Å². The predicted octanol–water partition coefficient (Wildman–Crippen LogP) is 7.80. The summed E-state index contributed by atoms with van der Waals surface area (Å²) in [5.74, 6) is -1.91. The van der Waals surface area contributed by atoms with Crippen molar-refractivity contribution in [2.24, 2.45) is 0 Å². The number of halogens is 5. The predicted molar refractivity (Wildman–Crippen MR) is 198 cm³/mol. The zero-order valence-electron chi connectivity index (χ0n) is 30.4. The van der Waals surface area contributed by atoms with Gasteiger partial charge in [-0.1, -0.05) is 60.7 Å². The zero-order valence-corrected chi connectivity index (χ0v) is 30.4. The molecule has 1 amide bonds. The van der Waals surface area contributed by atoms with Crippen molar-refractivity contribution in [3.63, 3.8) is 0 Å². The minimum absolute atomic E-state index is 0.0507. The molecule has 6 rings (SSSR count). The van der Waals surface area contributed by atoms with Crippen LogP contribution in [-0.4, -0.2) is 61.1 Å². The molecule has 0 saturated carbocycles. The van der Waals surface area contributed by atoms with Crippen LogP contribution in [0.2, 0.25) is 0 Å². The summed E-state index contributed by atoms with van der Waals surface area (Å²) in [6.07, 6.45) is -3.60. The highest BCUT2D eigenvalue weighted by molar-refractivity contribution is 5.82. The third-order valence-electron chi connectivity index (χ3n) is 10.8. The minimum atomic E-state index is -4.43. The van der Waals surface area contributed by atoms with E-state index in [0.717, 1.165) is 29.3 Å². The SMILES string of the molecule is CC(O)C(C)(C)N1CCC(N(Cc2ccc(-c3ccc(C(F)(F)F)cc3)cc2)C(=O)Cn2c(CCc3cccc(F)c3F)nc(=O)c3ccccc32)CC1. The normalized spacial score (nSPS) is 15.1. The number of aromatic nitrogens is 2. The smallest absolute Gasteiger partial charge is 0.392 e. The molecule has 1 aliphatic heterocycles. The number of piperidine rings is 1. The number of alkyl halides is 3. The molecular weight excluding hydrogens is 703 g/mol. The average molecular weight is 747 g/mol. The standard InChI is InChI=1S/C42H43F5N4O3/c1-27(52)41(2,3)49-23-21-33(22-24-49)50(25-28-11-13-29(14-12-28)30-15-18-32(19-16-30)42(45,46)47)38(53)26-51-36-10-5-4-8-34(36)40(54)48-37(51)20-17-31-7-6-9-35(43)39(31)44/h4-16,18-19,27,33,52H,17,20-26H2,1-3H3. The number of fused-ring (bicyclic) bond motifs is 1. The van der Waals surface area contributed by atoms with Crippen LogP contribution in [0.4, 0.5) is 22.0 Å². The first-order valence-corrected chi connectivity index (χ1v) is 18.0. The molecule has 54 heavy (non-hydrogen) atoms. The van der Waals surface area contributed by atoms with E-state index in [4.69, 9.17) is 0 Å². The van der Waals surface area contributed by atoms with Crippen molar-refractivity contribution >= 4 is 16.8 Å². The lowest BCUT2D eigenvalue weighted by Crippen LogP contribution is -2.57. The number of amides is 1. The number of benzene rings is 4. The maximum atomic E-state index is 14.6. The summed E-state index contributed by atoms with van der Waals surface area (Å²) >= 11 is 0. The van der Waals surface area contributed by atoms with Gasteiger partial charge in [0.2, 0.25) is 5.91 Å². The van der Waals surface area contributed by atoms with Crippen molar-refractivity contribution in [1.82, 2.24) is 19.4 Å². The van der Waals surface area contributed by atoms with Gasteiger partial charge in [-0.05, 0) is 92.6 Å². The maximum absolute atomic E-state index is 14.6. The third-order valence-corrected chi connectivity index (χ3v) is 10.8. The van der Waals surface area contributed by atoms with Crippen LogP contribution >= 0.6 is 0 Å². The molecule has 12 heteroatoms. The third kappa shape index (κ3) is 8.39. The van der Waals surface area contributed by atoms with Crippen molar-refractivity contribution in [3.8, 4) is 11.1 Å². The molecule has 0 bridgehead atoms. The van der Waals surface area contributed by atoms with Crippen molar-refractivity contribution in [1.29, 1.82) is 0 Å². The Morgan fingerprint density at radius 2 is 1.52 bits per heavy atom. The van der Waals surface area contributed by atoms with E-state index in [9.17, 15) is 36.6 Å². The van der Waals surface area contributed by atoms with Crippen LogP contribution in [0.25, 0.3) is 22.0 Å². The van der Waals surface area contributed by atoms with E-state index in [1.54, 1.807) is 35.8 Å². The van der Waals surface area contributed by atoms with E-state index in [-0.39, 0.29) is 49.3 Å². The number of carbonyl (C=O) groups excluding carboxylic acids is 1. The lowest BCUT2D eigenvalue weighted by molar-refractivity contribution is -0.138. The summed E-state index contributed by atoms with van der Waals surface area (Å²) in [6, 6.07) is 22.9. The molecule has 1 N–H and O–H groups in total. The molecule has 0 radical (unpaired) electrons. The fourth-order valence-corrected chi connectivity index (χ4v) is 7.14. The molecule has 1 aromatic heterocycles. The number of nitrogens with zero attached hydrogens (tertiary/aromatic N) is 4. The fraction of sp³-hybridized carbons (Fsp3) is 0.357. The van der Waals surface area contributed by atoms with E-state index >= 15 is 0 Å². The highest BCUT2D eigenvalue weighted by Crippen LogP contribution is 2.32. The van der Waals surface area contributed by atoms with E-state index in [1.165, 1.54) is 24.3 Å². The van der Waals surface area contributed by atoms with Gasteiger partial charge in [0.25, 0.3) is 5.56 Å². The summed E-state index contributed by atoms with van der Waals surface area (Å²) in [6.45, 7) is 7.11. The monoisotopic (exact) mass is 746 g/mol. The highest BCUT2D eigenvalue weighted by atomic mass is 19.4. The molecule has 0 aliphatic carbocycles. The Bertz CT molecular complexity index is 2160. The molecule has 1 aliphatic rings. The first-order valence-electron chi connectivity index (χ1n) is 18.0. The first kappa shape index (κ1) is 38.8. The van der Waals surface area contributed by atoms with E-state index in [1.807, 2.05) is 43.0 Å². The van der Waals surface area contributed by atoms with Crippen LogP contribution < -0.4 is 5.56 Å². The average Bonchev–Trinajstić information content (AvgIpc) is 3.15. The maximum Gasteiger partial charge on any atom is 0.416 e. The molecule has 2 heterocycles. The number of carbonyl (C=O) groups is 1. The quantitative estimate of drug-likeness (QED) is 0.140. The lowest BCUT2D eigenvalue weighted by atomic mass is 9.91. The van der Waals surface area contributed by atoms with Crippen molar-refractivity contribution in [2.45, 2.75) is 83.4 Å². The molecule has 7 nitrogen and oxygen atoms in total. The van der Waals surface area contributed by atoms with Crippen LogP contribution in [-0.2, 0) is 36.9 Å². The summed E-state index contributed by atoms with van der Waals surface area (Å²) in [5.41, 5.74) is 1.11. The zero-order chi connectivity index (χ0) is 38.8. The number of rotatable bonds is 11. The van der Waals surface area contributed by atoms with Gasteiger partial charge < -0.3 is 14.6 Å². The second kappa shape index (κ2) is 15.8. The largest absolute Gasteiger partial charge is 0.416 e. The number of aliphatic hydroxyl groups excluding tert-OH is 1. The van der Waals surface area contributed by atoms with Crippen molar-refractivity contribution in [2.75, 3.05) is 13.1 Å². The summed E-state index contributed by atoms with van der Waals surface area (Å²) in [5, 5.41) is 10.8.